The maximum Gasteiger partial charge on any atom is 0.0908 e. The molecule has 0 saturated carbocycles. The maximum atomic E-state index is 5.86. The lowest BCUT2D eigenvalue weighted by atomic mass is 10.1. The predicted octanol–water partition coefficient (Wildman–Crippen LogP) is 2.39. The molecule has 15 heavy (non-hydrogen) atoms. The molecule has 2 rings (SSSR count). The van der Waals surface area contributed by atoms with E-state index in [-0.39, 0.29) is 0 Å². The van der Waals surface area contributed by atoms with Gasteiger partial charge in [-0.05, 0) is 18.4 Å². The summed E-state index contributed by atoms with van der Waals surface area (Å²) >= 11 is 1.73. The number of nitrogens with zero attached hydrogens (tertiary/aromatic N) is 2. The first kappa shape index (κ1) is 10.1. The number of hydrogen-bond acceptors (Lipinski definition) is 3. The zero-order valence-electron chi connectivity index (χ0n) is 8.77. The molecule has 78 valence electrons. The highest BCUT2D eigenvalue weighted by Crippen LogP contribution is 2.26. The molecule has 0 aliphatic carbocycles. The van der Waals surface area contributed by atoms with Crippen LogP contribution in [0.1, 0.15) is 0 Å². The average Bonchev–Trinajstić information content (AvgIpc) is 2.59. The van der Waals surface area contributed by atoms with E-state index in [2.05, 4.69) is 35.6 Å². The summed E-state index contributed by atoms with van der Waals surface area (Å²) < 4.78 is 1.80. The van der Waals surface area contributed by atoms with E-state index in [1.165, 1.54) is 4.90 Å². The minimum atomic E-state index is 0.717. The zero-order chi connectivity index (χ0) is 10.8. The van der Waals surface area contributed by atoms with Crippen LogP contribution in [-0.2, 0) is 7.05 Å². The van der Waals surface area contributed by atoms with Gasteiger partial charge < -0.3 is 5.73 Å². The number of aryl methyl sites for hydroxylation is 1. The van der Waals surface area contributed by atoms with Gasteiger partial charge in [0.15, 0.2) is 0 Å². The van der Waals surface area contributed by atoms with Gasteiger partial charge in [0, 0.05) is 17.5 Å². The minimum absolute atomic E-state index is 0.717. The van der Waals surface area contributed by atoms with Gasteiger partial charge in [-0.15, -0.1) is 11.8 Å². The quantitative estimate of drug-likeness (QED) is 0.789. The van der Waals surface area contributed by atoms with Crippen LogP contribution in [0.2, 0.25) is 0 Å². The van der Waals surface area contributed by atoms with Gasteiger partial charge in [-0.25, -0.2) is 0 Å². The molecule has 0 aliphatic rings. The molecule has 2 N–H and O–H groups in total. The van der Waals surface area contributed by atoms with E-state index in [9.17, 15) is 0 Å². The molecule has 0 fully saturated rings. The van der Waals surface area contributed by atoms with E-state index in [0.717, 1.165) is 16.9 Å². The molecule has 4 heteroatoms. The summed E-state index contributed by atoms with van der Waals surface area (Å²) in [4.78, 5) is 1.25. The van der Waals surface area contributed by atoms with Crippen LogP contribution in [0.3, 0.4) is 0 Å². The van der Waals surface area contributed by atoms with E-state index < -0.39 is 0 Å². The number of hydrogen-bond donors (Lipinski definition) is 1. The fourth-order valence-electron chi connectivity index (χ4n) is 1.56. The number of aromatic nitrogens is 2. The Labute approximate surface area is 93.3 Å². The Morgan fingerprint density at radius 2 is 1.93 bits per heavy atom. The lowest BCUT2D eigenvalue weighted by Gasteiger charge is -2.04. The number of nitrogens with two attached hydrogens (primary N) is 1. The Morgan fingerprint density at radius 3 is 2.40 bits per heavy atom. The second kappa shape index (κ2) is 3.98. The molecular weight excluding hydrogens is 206 g/mol. The zero-order valence-corrected chi connectivity index (χ0v) is 9.58. The molecule has 0 saturated heterocycles. The highest BCUT2D eigenvalue weighted by Gasteiger charge is 2.07. The van der Waals surface area contributed by atoms with Crippen molar-refractivity contribution in [3.63, 3.8) is 0 Å². The Morgan fingerprint density at radius 1 is 1.27 bits per heavy atom. The van der Waals surface area contributed by atoms with Crippen molar-refractivity contribution in [2.75, 3.05) is 12.0 Å². The lowest BCUT2D eigenvalue weighted by Crippen LogP contribution is -1.95. The molecule has 2 aromatic rings. The first-order valence-corrected chi connectivity index (χ1v) is 5.86. The summed E-state index contributed by atoms with van der Waals surface area (Å²) in [6.07, 6.45) is 3.74. The molecule has 0 aliphatic heterocycles. The predicted molar refractivity (Wildman–Crippen MR) is 64.8 cm³/mol. The van der Waals surface area contributed by atoms with Crippen molar-refractivity contribution in [1.29, 1.82) is 0 Å². The summed E-state index contributed by atoms with van der Waals surface area (Å²) in [6, 6.07) is 8.32. The molecule has 0 unspecified atom stereocenters. The Bertz CT molecular complexity index is 440. The van der Waals surface area contributed by atoms with Crippen molar-refractivity contribution in [3.8, 4) is 11.3 Å². The molecular formula is C11H13N3S. The van der Waals surface area contributed by atoms with Crippen LogP contribution >= 0.6 is 11.8 Å². The summed E-state index contributed by atoms with van der Waals surface area (Å²) in [5.41, 5.74) is 8.65. The summed E-state index contributed by atoms with van der Waals surface area (Å²) in [5, 5.41) is 4.12. The van der Waals surface area contributed by atoms with Crippen LogP contribution in [0, 0.1) is 0 Å². The van der Waals surface area contributed by atoms with Gasteiger partial charge >= 0.3 is 0 Å². The molecule has 1 aromatic heterocycles. The van der Waals surface area contributed by atoms with Gasteiger partial charge in [-0.1, -0.05) is 12.1 Å². The lowest BCUT2D eigenvalue weighted by molar-refractivity contribution is 0.776. The highest BCUT2D eigenvalue weighted by molar-refractivity contribution is 7.98. The molecule has 1 heterocycles. The molecule has 0 amide bonds. The van der Waals surface area contributed by atoms with Gasteiger partial charge in [0.1, 0.15) is 0 Å². The van der Waals surface area contributed by atoms with Crippen molar-refractivity contribution in [2.24, 2.45) is 7.05 Å². The number of benzene rings is 1. The van der Waals surface area contributed by atoms with E-state index in [1.807, 2.05) is 7.05 Å². The van der Waals surface area contributed by atoms with E-state index in [1.54, 1.807) is 22.6 Å². The van der Waals surface area contributed by atoms with E-state index in [0.29, 0.717) is 0 Å². The first-order valence-electron chi connectivity index (χ1n) is 4.64. The van der Waals surface area contributed by atoms with Gasteiger partial charge in [-0.2, -0.15) is 5.10 Å². The van der Waals surface area contributed by atoms with Crippen molar-refractivity contribution in [3.05, 3.63) is 30.5 Å². The smallest absolute Gasteiger partial charge is 0.0908 e. The second-order valence-electron chi connectivity index (χ2n) is 3.30. The van der Waals surface area contributed by atoms with Crippen molar-refractivity contribution >= 4 is 17.4 Å². The second-order valence-corrected chi connectivity index (χ2v) is 4.18. The normalized spacial score (nSPS) is 10.5. The third-order valence-corrected chi connectivity index (χ3v) is 3.07. The van der Waals surface area contributed by atoms with Crippen LogP contribution < -0.4 is 5.73 Å². The topological polar surface area (TPSA) is 43.8 Å². The SMILES string of the molecule is CSc1ccc(-c2c(N)cnn2C)cc1. The molecule has 1 aromatic carbocycles. The van der Waals surface area contributed by atoms with Crippen molar-refractivity contribution in [2.45, 2.75) is 4.90 Å². The molecule has 3 nitrogen and oxygen atoms in total. The third-order valence-electron chi connectivity index (χ3n) is 2.33. The number of rotatable bonds is 2. The fourth-order valence-corrected chi connectivity index (χ4v) is 1.97. The standard InChI is InChI=1S/C11H13N3S/c1-14-11(10(12)7-13-14)8-3-5-9(15-2)6-4-8/h3-7H,12H2,1-2H3. The Balaban J connectivity index is 2.45. The van der Waals surface area contributed by atoms with Crippen molar-refractivity contribution < 1.29 is 0 Å². The number of thioether (sulfide) groups is 1. The van der Waals surface area contributed by atoms with Gasteiger partial charge in [0.2, 0.25) is 0 Å². The maximum absolute atomic E-state index is 5.86. The highest BCUT2D eigenvalue weighted by atomic mass is 32.2. The summed E-state index contributed by atoms with van der Waals surface area (Å²) in [6.45, 7) is 0. The Kier molecular flexibility index (Phi) is 2.68. The van der Waals surface area contributed by atoms with Crippen LogP contribution in [0.15, 0.2) is 35.4 Å². The largest absolute Gasteiger partial charge is 0.396 e. The molecule has 0 spiro atoms. The molecule has 0 radical (unpaired) electrons. The fraction of sp³-hybridized carbons (Fsp3) is 0.182. The Hall–Kier alpha value is -1.42. The van der Waals surface area contributed by atoms with Crippen molar-refractivity contribution in [1.82, 2.24) is 9.78 Å². The average molecular weight is 219 g/mol. The van der Waals surface area contributed by atoms with Gasteiger partial charge in [-0.3, -0.25) is 4.68 Å². The molecule has 0 atom stereocenters. The van der Waals surface area contributed by atoms with Crippen LogP contribution in [0.4, 0.5) is 5.69 Å². The van der Waals surface area contributed by atoms with E-state index >= 15 is 0 Å². The summed E-state index contributed by atoms with van der Waals surface area (Å²) in [7, 11) is 1.90. The van der Waals surface area contributed by atoms with Crippen LogP contribution in [0.25, 0.3) is 11.3 Å². The van der Waals surface area contributed by atoms with Gasteiger partial charge in [0.25, 0.3) is 0 Å². The first-order chi connectivity index (χ1) is 7.22. The molecule has 0 bridgehead atoms. The van der Waals surface area contributed by atoms with Crippen LogP contribution in [0.5, 0.6) is 0 Å². The third kappa shape index (κ3) is 1.85. The number of nitrogen functional groups attached to an aromatic ring is 1. The van der Waals surface area contributed by atoms with E-state index in [4.69, 9.17) is 5.73 Å². The van der Waals surface area contributed by atoms with Gasteiger partial charge in [0.05, 0.1) is 17.6 Å². The summed E-state index contributed by atoms with van der Waals surface area (Å²) in [5.74, 6) is 0. The monoisotopic (exact) mass is 219 g/mol. The number of anilines is 1. The minimum Gasteiger partial charge on any atom is -0.396 e. The van der Waals surface area contributed by atoms with Crippen LogP contribution in [-0.4, -0.2) is 16.0 Å².